The molecular formula is C14H12BrNO5. The summed E-state index contributed by atoms with van der Waals surface area (Å²) < 4.78 is 5.72. The van der Waals surface area contributed by atoms with Crippen molar-refractivity contribution < 1.29 is 23.9 Å². The van der Waals surface area contributed by atoms with E-state index >= 15 is 0 Å². The van der Waals surface area contributed by atoms with Crippen molar-refractivity contribution in [2.24, 2.45) is 0 Å². The third kappa shape index (κ3) is 4.22. The Balaban J connectivity index is 1.81. The van der Waals surface area contributed by atoms with Gasteiger partial charge in [-0.2, -0.15) is 0 Å². The molecule has 0 radical (unpaired) electrons. The van der Waals surface area contributed by atoms with Crippen LogP contribution in [0.15, 0.2) is 28.7 Å². The number of hydrogen-bond donors (Lipinski definition) is 1. The third-order valence-corrected chi connectivity index (χ3v) is 3.45. The normalized spacial score (nSPS) is 17.5. The summed E-state index contributed by atoms with van der Waals surface area (Å²) in [6.45, 7) is 0. The molecule has 1 fully saturated rings. The number of carbonyl (C=O) groups excluding carboxylic acids is 4. The molecule has 110 valence electrons. The third-order valence-electron chi connectivity index (χ3n) is 2.92. The van der Waals surface area contributed by atoms with Crippen LogP contribution in [0.3, 0.4) is 0 Å². The average molecular weight is 354 g/mol. The zero-order chi connectivity index (χ0) is 15.4. The first kappa shape index (κ1) is 15.4. The summed E-state index contributed by atoms with van der Waals surface area (Å²) >= 11 is 3.27. The Hall–Kier alpha value is -2.02. The van der Waals surface area contributed by atoms with Crippen LogP contribution in [0.25, 0.3) is 0 Å². The highest BCUT2D eigenvalue weighted by molar-refractivity contribution is 9.10. The predicted octanol–water partition coefficient (Wildman–Crippen LogP) is 1.37. The lowest BCUT2D eigenvalue weighted by atomic mass is 10.1. The Morgan fingerprint density at radius 1 is 1.19 bits per heavy atom. The topological polar surface area (TPSA) is 89.5 Å². The number of benzene rings is 1. The molecule has 1 N–H and O–H groups in total. The lowest BCUT2D eigenvalue weighted by molar-refractivity contribution is -0.153. The molecule has 0 aromatic heterocycles. The molecule has 0 bridgehead atoms. The second kappa shape index (κ2) is 6.62. The van der Waals surface area contributed by atoms with Crippen molar-refractivity contribution in [1.29, 1.82) is 0 Å². The minimum atomic E-state index is -1.08. The van der Waals surface area contributed by atoms with Gasteiger partial charge >= 0.3 is 5.97 Å². The lowest BCUT2D eigenvalue weighted by Crippen LogP contribution is -2.28. The van der Waals surface area contributed by atoms with Crippen LogP contribution in [0.4, 0.5) is 0 Å². The van der Waals surface area contributed by atoms with Gasteiger partial charge in [-0.3, -0.25) is 24.5 Å². The van der Waals surface area contributed by atoms with Crippen molar-refractivity contribution in [2.45, 2.75) is 25.4 Å². The molecule has 6 nitrogen and oxygen atoms in total. The van der Waals surface area contributed by atoms with E-state index in [4.69, 9.17) is 4.74 Å². The maximum atomic E-state index is 11.9. The number of rotatable bonds is 5. The second-order valence-electron chi connectivity index (χ2n) is 4.53. The fourth-order valence-electron chi connectivity index (χ4n) is 1.84. The van der Waals surface area contributed by atoms with E-state index in [-0.39, 0.29) is 25.0 Å². The number of ketones is 1. The van der Waals surface area contributed by atoms with Crippen LogP contribution >= 0.6 is 15.9 Å². The zero-order valence-corrected chi connectivity index (χ0v) is 12.5. The molecule has 1 unspecified atom stereocenters. The summed E-state index contributed by atoms with van der Waals surface area (Å²) in [4.78, 5) is 45.6. The van der Waals surface area contributed by atoms with E-state index in [9.17, 15) is 19.2 Å². The van der Waals surface area contributed by atoms with Gasteiger partial charge in [-0.15, -0.1) is 0 Å². The molecule has 1 aromatic carbocycles. The van der Waals surface area contributed by atoms with Gasteiger partial charge in [0.05, 0.1) is 12.8 Å². The fraction of sp³-hybridized carbons (Fsp3) is 0.286. The van der Waals surface area contributed by atoms with Crippen molar-refractivity contribution in [3.63, 3.8) is 0 Å². The quantitative estimate of drug-likeness (QED) is 0.490. The average Bonchev–Trinajstić information content (AvgIpc) is 2.75. The molecule has 2 rings (SSSR count). The van der Waals surface area contributed by atoms with E-state index in [1.54, 1.807) is 24.3 Å². The van der Waals surface area contributed by atoms with Crippen LogP contribution in [0.1, 0.15) is 29.6 Å². The molecule has 0 saturated carbocycles. The molecule has 0 aliphatic carbocycles. The molecule has 1 atom stereocenters. The van der Waals surface area contributed by atoms with Gasteiger partial charge in [-0.1, -0.05) is 28.1 Å². The van der Waals surface area contributed by atoms with E-state index in [1.807, 2.05) is 5.32 Å². The molecular weight excluding hydrogens is 342 g/mol. The molecule has 1 aliphatic heterocycles. The van der Waals surface area contributed by atoms with Crippen molar-refractivity contribution in [2.75, 3.05) is 0 Å². The summed E-state index contributed by atoms with van der Waals surface area (Å²) in [5.74, 6) is -1.95. The summed E-state index contributed by atoms with van der Waals surface area (Å²) in [7, 11) is 0. The first-order valence-electron chi connectivity index (χ1n) is 6.27. The maximum absolute atomic E-state index is 11.9. The highest BCUT2D eigenvalue weighted by Gasteiger charge is 2.33. The number of halogens is 1. The second-order valence-corrected chi connectivity index (χ2v) is 5.44. The number of imide groups is 1. The number of ether oxygens (including phenoxy) is 1. The van der Waals surface area contributed by atoms with E-state index in [0.717, 1.165) is 4.47 Å². The Labute approximate surface area is 129 Å². The van der Waals surface area contributed by atoms with Crippen LogP contribution in [0.2, 0.25) is 0 Å². The van der Waals surface area contributed by atoms with Gasteiger partial charge in [-0.05, 0) is 12.1 Å². The van der Waals surface area contributed by atoms with Gasteiger partial charge in [0.25, 0.3) is 5.91 Å². The van der Waals surface area contributed by atoms with Gasteiger partial charge in [-0.25, -0.2) is 0 Å². The zero-order valence-electron chi connectivity index (χ0n) is 10.9. The summed E-state index contributed by atoms with van der Waals surface area (Å²) in [6.07, 6.45) is -1.38. The van der Waals surface area contributed by atoms with Crippen molar-refractivity contribution in [3.8, 4) is 0 Å². The molecule has 1 aliphatic rings. The Morgan fingerprint density at radius 3 is 2.43 bits per heavy atom. The minimum Gasteiger partial charge on any atom is -0.452 e. The van der Waals surface area contributed by atoms with E-state index in [0.29, 0.717) is 5.56 Å². The largest absolute Gasteiger partial charge is 0.452 e. The molecule has 7 heteroatoms. The number of hydrogen-bond acceptors (Lipinski definition) is 5. The van der Waals surface area contributed by atoms with Crippen LogP contribution in [0.5, 0.6) is 0 Å². The fourth-order valence-corrected chi connectivity index (χ4v) is 2.10. The SMILES string of the molecule is O=C1CC(OC(=O)CCC(=O)c2ccc(Br)cc2)C(=O)N1. The van der Waals surface area contributed by atoms with Crippen LogP contribution in [-0.2, 0) is 19.1 Å². The van der Waals surface area contributed by atoms with E-state index in [2.05, 4.69) is 15.9 Å². The number of carbonyl (C=O) groups is 4. The van der Waals surface area contributed by atoms with Gasteiger partial charge in [0, 0.05) is 16.5 Å². The first-order chi connectivity index (χ1) is 9.95. The van der Waals surface area contributed by atoms with Gasteiger partial charge in [0.15, 0.2) is 11.9 Å². The maximum Gasteiger partial charge on any atom is 0.307 e. The number of Topliss-reactive ketones (excluding diaryl/α,β-unsaturated/α-hetero) is 1. The monoisotopic (exact) mass is 353 g/mol. The van der Waals surface area contributed by atoms with Crippen LogP contribution < -0.4 is 5.32 Å². The lowest BCUT2D eigenvalue weighted by Gasteiger charge is -2.08. The summed E-state index contributed by atoms with van der Waals surface area (Å²) in [6, 6.07) is 6.78. The summed E-state index contributed by atoms with van der Waals surface area (Å²) in [5.41, 5.74) is 0.500. The van der Waals surface area contributed by atoms with Crippen LogP contribution in [-0.4, -0.2) is 29.7 Å². The minimum absolute atomic E-state index is 0.0112. The van der Waals surface area contributed by atoms with E-state index in [1.165, 1.54) is 0 Å². The summed E-state index contributed by atoms with van der Waals surface area (Å²) in [5, 5.41) is 2.04. The standard InChI is InChI=1S/C14H12BrNO5/c15-9-3-1-8(2-4-9)10(17)5-6-13(19)21-11-7-12(18)16-14(11)20/h1-4,11H,5-7H2,(H,16,18,20). The van der Waals surface area contributed by atoms with Gasteiger partial charge < -0.3 is 4.74 Å². The highest BCUT2D eigenvalue weighted by atomic mass is 79.9. The van der Waals surface area contributed by atoms with Crippen molar-refractivity contribution in [1.82, 2.24) is 5.32 Å². The Kier molecular flexibility index (Phi) is 4.85. The molecule has 1 aromatic rings. The molecule has 0 spiro atoms. The number of esters is 1. The molecule has 1 heterocycles. The van der Waals surface area contributed by atoms with Crippen LogP contribution in [0, 0.1) is 0 Å². The predicted molar refractivity (Wildman–Crippen MR) is 75.4 cm³/mol. The number of nitrogens with one attached hydrogen (secondary N) is 1. The van der Waals surface area contributed by atoms with Crippen molar-refractivity contribution >= 4 is 39.5 Å². The number of amides is 2. The molecule has 2 amide bonds. The van der Waals surface area contributed by atoms with Gasteiger partial charge in [0.1, 0.15) is 0 Å². The molecule has 21 heavy (non-hydrogen) atoms. The van der Waals surface area contributed by atoms with E-state index < -0.39 is 23.9 Å². The highest BCUT2D eigenvalue weighted by Crippen LogP contribution is 2.13. The first-order valence-corrected chi connectivity index (χ1v) is 7.07. The Morgan fingerprint density at radius 2 is 1.86 bits per heavy atom. The smallest absolute Gasteiger partial charge is 0.307 e. The van der Waals surface area contributed by atoms with Crippen molar-refractivity contribution in [3.05, 3.63) is 34.3 Å². The van der Waals surface area contributed by atoms with Gasteiger partial charge in [0.2, 0.25) is 5.91 Å². The molecule has 1 saturated heterocycles. The Bertz CT molecular complexity index is 596.